The van der Waals surface area contributed by atoms with E-state index in [9.17, 15) is 22.0 Å². The van der Waals surface area contributed by atoms with Crippen LogP contribution < -0.4 is 4.72 Å². The number of carbonyl (C=O) groups is 1. The number of pyridine rings is 1. The zero-order valence-electron chi connectivity index (χ0n) is 14.3. The van der Waals surface area contributed by atoms with Crippen molar-refractivity contribution in [2.24, 2.45) is 0 Å². The van der Waals surface area contributed by atoms with Crippen LogP contribution in [0, 0.1) is 11.6 Å². The SMILES string of the molecule is O=C(c1ccc(N[SH](=O)=O)nc1)N1CCN(Cc2cc(F)cc(F)c2)CC1. The number of rotatable bonds is 5. The number of amides is 1. The predicted molar refractivity (Wildman–Crippen MR) is 95.7 cm³/mol. The molecule has 0 saturated carbocycles. The molecule has 0 bridgehead atoms. The standard InChI is InChI=1S/C17H18F2N4O3S/c18-14-7-12(8-15(19)9-14)11-22-3-5-23(6-4-22)17(24)13-1-2-16(20-10-13)21-27(25)26/h1-2,7-10,27H,3-6,11H2,(H,20,21,25,26). The number of nitrogens with one attached hydrogen (secondary N) is 1. The van der Waals surface area contributed by atoms with E-state index in [-0.39, 0.29) is 11.7 Å². The molecular weight excluding hydrogens is 378 g/mol. The third kappa shape index (κ3) is 5.20. The van der Waals surface area contributed by atoms with Crippen molar-refractivity contribution in [3.8, 4) is 0 Å². The van der Waals surface area contributed by atoms with Gasteiger partial charge in [-0.3, -0.25) is 14.4 Å². The topological polar surface area (TPSA) is 82.6 Å². The number of halogens is 2. The van der Waals surface area contributed by atoms with Crippen LogP contribution in [0.1, 0.15) is 15.9 Å². The lowest BCUT2D eigenvalue weighted by Crippen LogP contribution is -2.48. The van der Waals surface area contributed by atoms with Gasteiger partial charge in [-0.05, 0) is 29.8 Å². The molecule has 2 aromatic rings. The van der Waals surface area contributed by atoms with Crippen molar-refractivity contribution in [2.45, 2.75) is 6.54 Å². The Morgan fingerprint density at radius 2 is 1.74 bits per heavy atom. The molecule has 1 fully saturated rings. The maximum Gasteiger partial charge on any atom is 0.255 e. The Kier molecular flexibility index (Phi) is 5.97. The summed E-state index contributed by atoms with van der Waals surface area (Å²) < 4.78 is 49.9. The number of nitrogens with zero attached hydrogens (tertiary/aromatic N) is 3. The van der Waals surface area contributed by atoms with Crippen LogP contribution in [-0.4, -0.2) is 55.3 Å². The fraction of sp³-hybridized carbons (Fsp3) is 0.294. The van der Waals surface area contributed by atoms with E-state index in [0.29, 0.717) is 43.9 Å². The summed E-state index contributed by atoms with van der Waals surface area (Å²) in [6.45, 7) is 2.51. The lowest BCUT2D eigenvalue weighted by atomic mass is 10.1. The molecule has 1 amide bonds. The van der Waals surface area contributed by atoms with Gasteiger partial charge in [-0.1, -0.05) is 0 Å². The largest absolute Gasteiger partial charge is 0.336 e. The van der Waals surface area contributed by atoms with Crippen molar-refractivity contribution in [1.29, 1.82) is 0 Å². The van der Waals surface area contributed by atoms with E-state index in [2.05, 4.69) is 9.71 Å². The Morgan fingerprint density at radius 1 is 1.07 bits per heavy atom. The third-order valence-electron chi connectivity index (χ3n) is 4.20. The van der Waals surface area contributed by atoms with Gasteiger partial charge >= 0.3 is 0 Å². The van der Waals surface area contributed by atoms with Crippen molar-refractivity contribution in [1.82, 2.24) is 14.8 Å². The van der Waals surface area contributed by atoms with E-state index in [1.807, 2.05) is 4.90 Å². The van der Waals surface area contributed by atoms with Gasteiger partial charge in [0.15, 0.2) is 0 Å². The number of piperazine rings is 1. The molecular formula is C17H18F2N4O3S. The monoisotopic (exact) mass is 396 g/mol. The molecule has 1 saturated heterocycles. The van der Waals surface area contributed by atoms with E-state index >= 15 is 0 Å². The molecule has 1 aromatic carbocycles. The van der Waals surface area contributed by atoms with Crippen LogP contribution in [0.2, 0.25) is 0 Å². The summed E-state index contributed by atoms with van der Waals surface area (Å²) in [7, 11) is -2.80. The van der Waals surface area contributed by atoms with E-state index in [4.69, 9.17) is 0 Å². The molecule has 0 atom stereocenters. The first-order valence-corrected chi connectivity index (χ1v) is 9.42. The smallest absolute Gasteiger partial charge is 0.255 e. The lowest BCUT2D eigenvalue weighted by Gasteiger charge is -2.34. The molecule has 1 aromatic heterocycles. The molecule has 144 valence electrons. The lowest BCUT2D eigenvalue weighted by molar-refractivity contribution is 0.0628. The molecule has 0 radical (unpaired) electrons. The quantitative estimate of drug-likeness (QED) is 0.744. The van der Waals surface area contributed by atoms with Crippen molar-refractivity contribution in [3.63, 3.8) is 0 Å². The number of anilines is 1. The first kappa shape index (κ1) is 19.2. The van der Waals surface area contributed by atoms with Gasteiger partial charge in [0.1, 0.15) is 17.5 Å². The fourth-order valence-electron chi connectivity index (χ4n) is 2.93. The normalized spacial score (nSPS) is 15.1. The van der Waals surface area contributed by atoms with Crippen LogP contribution >= 0.6 is 0 Å². The Bertz CT molecular complexity index is 869. The summed E-state index contributed by atoms with van der Waals surface area (Å²) in [4.78, 5) is 20.1. The number of thiol groups is 1. The molecule has 0 unspecified atom stereocenters. The van der Waals surface area contributed by atoms with Gasteiger partial charge in [-0.15, -0.1) is 0 Å². The summed E-state index contributed by atoms with van der Waals surface area (Å²) in [5.41, 5.74) is 0.915. The predicted octanol–water partition coefficient (Wildman–Crippen LogP) is 1.26. The number of benzene rings is 1. The van der Waals surface area contributed by atoms with Crippen LogP contribution in [-0.2, 0) is 17.4 Å². The number of hydrogen-bond acceptors (Lipinski definition) is 5. The summed E-state index contributed by atoms with van der Waals surface area (Å²) in [5, 5.41) is 0. The summed E-state index contributed by atoms with van der Waals surface area (Å²) in [6, 6.07) is 6.38. The first-order chi connectivity index (χ1) is 12.9. The van der Waals surface area contributed by atoms with Crippen LogP contribution in [0.5, 0.6) is 0 Å². The Balaban J connectivity index is 1.56. The minimum atomic E-state index is -2.80. The molecule has 0 spiro atoms. The van der Waals surface area contributed by atoms with Crippen LogP contribution in [0.15, 0.2) is 36.5 Å². The molecule has 3 rings (SSSR count). The highest BCUT2D eigenvalue weighted by Gasteiger charge is 2.22. The maximum absolute atomic E-state index is 13.3. The van der Waals surface area contributed by atoms with Gasteiger partial charge in [0, 0.05) is 45.0 Å². The Labute approximate surface area is 156 Å². The number of carbonyl (C=O) groups excluding carboxylic acids is 1. The molecule has 1 aliphatic heterocycles. The van der Waals surface area contributed by atoms with E-state index in [1.54, 1.807) is 4.90 Å². The van der Waals surface area contributed by atoms with Gasteiger partial charge in [0.25, 0.3) is 5.91 Å². The second-order valence-corrected chi connectivity index (χ2v) is 6.88. The van der Waals surface area contributed by atoms with Gasteiger partial charge in [-0.25, -0.2) is 22.2 Å². The summed E-state index contributed by atoms with van der Waals surface area (Å²) in [5.74, 6) is -1.26. The highest BCUT2D eigenvalue weighted by molar-refractivity contribution is 7.73. The van der Waals surface area contributed by atoms with Gasteiger partial charge in [0.2, 0.25) is 10.9 Å². The summed E-state index contributed by atoms with van der Waals surface area (Å²) >= 11 is 0. The zero-order valence-corrected chi connectivity index (χ0v) is 15.2. The van der Waals surface area contributed by atoms with Crippen molar-refractivity contribution in [3.05, 3.63) is 59.3 Å². The summed E-state index contributed by atoms with van der Waals surface area (Å²) in [6.07, 6.45) is 1.32. The van der Waals surface area contributed by atoms with Gasteiger partial charge in [0.05, 0.1) is 5.56 Å². The van der Waals surface area contributed by atoms with Crippen molar-refractivity contribution >= 4 is 22.6 Å². The van der Waals surface area contributed by atoms with Crippen LogP contribution in [0.4, 0.5) is 14.6 Å². The first-order valence-electron chi connectivity index (χ1n) is 8.24. The second kappa shape index (κ2) is 8.40. The molecule has 2 heterocycles. The molecule has 7 nitrogen and oxygen atoms in total. The second-order valence-electron chi connectivity index (χ2n) is 6.15. The Morgan fingerprint density at radius 3 is 2.30 bits per heavy atom. The Hall–Kier alpha value is -2.59. The highest BCUT2D eigenvalue weighted by atomic mass is 32.2. The van der Waals surface area contributed by atoms with Crippen LogP contribution in [0.25, 0.3) is 0 Å². The van der Waals surface area contributed by atoms with Gasteiger partial charge in [-0.2, -0.15) is 0 Å². The number of hydrogen-bond donors (Lipinski definition) is 2. The minimum Gasteiger partial charge on any atom is -0.336 e. The molecule has 27 heavy (non-hydrogen) atoms. The van der Waals surface area contributed by atoms with E-state index in [1.165, 1.54) is 30.5 Å². The van der Waals surface area contributed by atoms with Crippen molar-refractivity contribution < 1.29 is 22.0 Å². The van der Waals surface area contributed by atoms with Crippen molar-refractivity contribution in [2.75, 3.05) is 30.9 Å². The van der Waals surface area contributed by atoms with Gasteiger partial charge < -0.3 is 4.90 Å². The minimum absolute atomic E-state index is 0.148. The van der Waals surface area contributed by atoms with E-state index in [0.717, 1.165) is 6.07 Å². The maximum atomic E-state index is 13.3. The zero-order chi connectivity index (χ0) is 19.4. The molecule has 0 aliphatic carbocycles. The average molecular weight is 396 g/mol. The van der Waals surface area contributed by atoms with E-state index < -0.39 is 22.5 Å². The fourth-order valence-corrected chi connectivity index (χ4v) is 3.25. The average Bonchev–Trinajstić information content (AvgIpc) is 2.61. The number of aromatic nitrogens is 1. The van der Waals surface area contributed by atoms with Crippen LogP contribution in [0.3, 0.4) is 0 Å². The highest BCUT2D eigenvalue weighted by Crippen LogP contribution is 2.14. The third-order valence-corrected chi connectivity index (χ3v) is 4.62. The molecule has 10 heteroatoms. The molecule has 1 aliphatic rings. The molecule has 1 N–H and O–H groups in total.